The second-order valence-corrected chi connectivity index (χ2v) is 7.58. The first kappa shape index (κ1) is 24.0. The SMILES string of the molecule is CCNC(=O)N(CC(=O)O)c1ccc(Cc2ccc(OC)c(-c3cccc(Cl)c3)c2F)cn1. The number of carbonyl (C=O) groups is 2. The van der Waals surface area contributed by atoms with E-state index in [0.717, 1.165) is 4.90 Å². The van der Waals surface area contributed by atoms with Crippen LogP contribution in [0.1, 0.15) is 18.1 Å². The molecule has 0 aliphatic carbocycles. The van der Waals surface area contributed by atoms with E-state index in [2.05, 4.69) is 10.3 Å². The molecule has 0 aliphatic rings. The summed E-state index contributed by atoms with van der Waals surface area (Å²) < 4.78 is 20.8. The zero-order valence-corrected chi connectivity index (χ0v) is 18.9. The second-order valence-electron chi connectivity index (χ2n) is 7.14. The molecule has 0 radical (unpaired) electrons. The van der Waals surface area contributed by atoms with Crippen molar-refractivity contribution in [1.82, 2.24) is 10.3 Å². The Kier molecular flexibility index (Phi) is 7.84. The molecule has 1 heterocycles. The van der Waals surface area contributed by atoms with Crippen LogP contribution in [-0.2, 0) is 11.2 Å². The number of benzene rings is 2. The zero-order valence-electron chi connectivity index (χ0n) is 18.1. The van der Waals surface area contributed by atoms with E-state index in [1.165, 1.54) is 19.4 Å². The van der Waals surface area contributed by atoms with E-state index in [1.807, 2.05) is 0 Å². The van der Waals surface area contributed by atoms with Gasteiger partial charge in [-0.25, -0.2) is 14.2 Å². The highest BCUT2D eigenvalue weighted by Gasteiger charge is 2.20. The standard InChI is InChI=1S/C24H23ClFN3O4/c1-3-27-24(32)29(14-21(30)31)20-10-7-15(13-28-20)11-17-8-9-19(33-2)22(23(17)26)16-5-4-6-18(25)12-16/h4-10,12-13H,3,11,14H2,1-2H3,(H,27,32)(H,30,31). The molecule has 0 saturated heterocycles. The van der Waals surface area contributed by atoms with Crippen LogP contribution in [0.2, 0.25) is 5.02 Å². The molecular weight excluding hydrogens is 449 g/mol. The van der Waals surface area contributed by atoms with Crippen LogP contribution in [0, 0.1) is 5.82 Å². The van der Waals surface area contributed by atoms with Crippen molar-refractivity contribution in [3.63, 3.8) is 0 Å². The quantitative estimate of drug-likeness (QED) is 0.494. The lowest BCUT2D eigenvalue weighted by Gasteiger charge is -2.20. The van der Waals surface area contributed by atoms with E-state index >= 15 is 4.39 Å². The molecule has 172 valence electrons. The van der Waals surface area contributed by atoms with Gasteiger partial charge in [-0.1, -0.05) is 35.9 Å². The Hall–Kier alpha value is -3.65. The predicted octanol–water partition coefficient (Wildman–Crippen LogP) is 4.76. The molecule has 0 bridgehead atoms. The minimum Gasteiger partial charge on any atom is -0.496 e. The summed E-state index contributed by atoms with van der Waals surface area (Å²) in [6.45, 7) is 1.54. The zero-order chi connectivity index (χ0) is 24.0. The molecule has 0 fully saturated rings. The van der Waals surface area contributed by atoms with Gasteiger partial charge in [-0.05, 0) is 47.9 Å². The molecule has 33 heavy (non-hydrogen) atoms. The first-order chi connectivity index (χ1) is 15.8. The van der Waals surface area contributed by atoms with E-state index < -0.39 is 24.4 Å². The number of amides is 2. The van der Waals surface area contributed by atoms with Gasteiger partial charge in [-0.15, -0.1) is 0 Å². The van der Waals surface area contributed by atoms with Gasteiger partial charge < -0.3 is 15.2 Å². The molecule has 0 aliphatic heterocycles. The molecule has 2 aromatic carbocycles. The summed E-state index contributed by atoms with van der Waals surface area (Å²) in [5.41, 5.74) is 2.02. The Morgan fingerprint density at radius 2 is 2.00 bits per heavy atom. The molecule has 3 aromatic rings. The number of hydrogen-bond donors (Lipinski definition) is 2. The molecule has 7 nitrogen and oxygen atoms in total. The number of carboxylic acid groups (broad SMARTS) is 1. The van der Waals surface area contributed by atoms with Crippen LogP contribution in [0.25, 0.3) is 11.1 Å². The Balaban J connectivity index is 1.90. The summed E-state index contributed by atoms with van der Waals surface area (Å²) in [5, 5.41) is 12.2. The number of urea groups is 1. The van der Waals surface area contributed by atoms with Gasteiger partial charge in [0.05, 0.1) is 12.7 Å². The minimum absolute atomic E-state index is 0.182. The topological polar surface area (TPSA) is 91.8 Å². The van der Waals surface area contributed by atoms with Crippen molar-refractivity contribution < 1.29 is 23.8 Å². The lowest BCUT2D eigenvalue weighted by Crippen LogP contribution is -2.43. The molecule has 3 rings (SSSR count). The highest BCUT2D eigenvalue weighted by atomic mass is 35.5. The van der Waals surface area contributed by atoms with Crippen LogP contribution in [-0.4, -0.2) is 42.3 Å². The number of carbonyl (C=O) groups excluding carboxylic acids is 1. The number of methoxy groups -OCH3 is 1. The number of nitrogens with one attached hydrogen (secondary N) is 1. The van der Waals surface area contributed by atoms with E-state index in [4.69, 9.17) is 21.4 Å². The van der Waals surface area contributed by atoms with Gasteiger partial charge in [0.1, 0.15) is 23.9 Å². The maximum Gasteiger partial charge on any atom is 0.323 e. The van der Waals surface area contributed by atoms with E-state index in [1.54, 1.807) is 49.4 Å². The molecular formula is C24H23ClFN3O4. The van der Waals surface area contributed by atoms with Gasteiger partial charge in [-0.2, -0.15) is 0 Å². The molecule has 1 aromatic heterocycles. The lowest BCUT2D eigenvalue weighted by atomic mass is 9.97. The number of rotatable bonds is 8. The number of nitrogens with zero attached hydrogens (tertiary/aromatic N) is 2. The van der Waals surface area contributed by atoms with Gasteiger partial charge in [0.15, 0.2) is 0 Å². The molecule has 0 saturated carbocycles. The van der Waals surface area contributed by atoms with E-state index in [9.17, 15) is 9.59 Å². The van der Waals surface area contributed by atoms with Crippen molar-refractivity contribution in [3.05, 3.63) is 76.7 Å². The predicted molar refractivity (Wildman–Crippen MR) is 124 cm³/mol. The average Bonchev–Trinajstić information content (AvgIpc) is 2.79. The van der Waals surface area contributed by atoms with Crippen LogP contribution in [0.15, 0.2) is 54.7 Å². The van der Waals surface area contributed by atoms with Gasteiger partial charge in [-0.3, -0.25) is 9.69 Å². The van der Waals surface area contributed by atoms with Gasteiger partial charge in [0, 0.05) is 24.2 Å². The molecule has 0 atom stereocenters. The Labute approximate surface area is 195 Å². The van der Waals surface area contributed by atoms with Crippen molar-refractivity contribution in [3.8, 4) is 16.9 Å². The summed E-state index contributed by atoms with van der Waals surface area (Å²) in [7, 11) is 1.47. The van der Waals surface area contributed by atoms with Crippen molar-refractivity contribution >= 4 is 29.4 Å². The minimum atomic E-state index is -1.17. The van der Waals surface area contributed by atoms with Crippen molar-refractivity contribution in [1.29, 1.82) is 0 Å². The highest BCUT2D eigenvalue weighted by molar-refractivity contribution is 6.30. The Morgan fingerprint density at radius 3 is 2.61 bits per heavy atom. The van der Waals surface area contributed by atoms with Crippen molar-refractivity contribution in [2.75, 3.05) is 25.1 Å². The number of hydrogen-bond acceptors (Lipinski definition) is 4. The second kappa shape index (κ2) is 10.8. The molecule has 0 unspecified atom stereocenters. The van der Waals surface area contributed by atoms with Gasteiger partial charge in [0.25, 0.3) is 0 Å². The Bertz CT molecular complexity index is 1150. The summed E-state index contributed by atoms with van der Waals surface area (Å²) >= 11 is 6.09. The summed E-state index contributed by atoms with van der Waals surface area (Å²) in [6, 6.07) is 12.9. The normalized spacial score (nSPS) is 10.5. The fourth-order valence-corrected chi connectivity index (χ4v) is 3.55. The molecule has 9 heteroatoms. The van der Waals surface area contributed by atoms with Crippen LogP contribution in [0.5, 0.6) is 5.75 Å². The third kappa shape index (κ3) is 5.78. The average molecular weight is 472 g/mol. The fraction of sp³-hybridized carbons (Fsp3) is 0.208. The number of ether oxygens (including phenoxy) is 1. The van der Waals surface area contributed by atoms with Gasteiger partial charge in [0.2, 0.25) is 0 Å². The molecule has 0 spiro atoms. The maximum absolute atomic E-state index is 15.5. The van der Waals surface area contributed by atoms with Gasteiger partial charge >= 0.3 is 12.0 Å². The van der Waals surface area contributed by atoms with Crippen molar-refractivity contribution in [2.45, 2.75) is 13.3 Å². The molecule has 2 amide bonds. The summed E-state index contributed by atoms with van der Waals surface area (Å²) in [5.74, 6) is -1.03. The van der Waals surface area contributed by atoms with Crippen LogP contribution in [0.4, 0.5) is 15.0 Å². The summed E-state index contributed by atoms with van der Waals surface area (Å²) in [6.07, 6.45) is 1.73. The number of aromatic nitrogens is 1. The number of aliphatic carboxylic acids is 1. The smallest absolute Gasteiger partial charge is 0.323 e. The first-order valence-electron chi connectivity index (χ1n) is 10.2. The lowest BCUT2D eigenvalue weighted by molar-refractivity contribution is -0.135. The van der Waals surface area contributed by atoms with Crippen LogP contribution >= 0.6 is 11.6 Å². The first-order valence-corrected chi connectivity index (χ1v) is 10.5. The number of halogens is 2. The fourth-order valence-electron chi connectivity index (χ4n) is 3.36. The highest BCUT2D eigenvalue weighted by Crippen LogP contribution is 2.36. The third-order valence-corrected chi connectivity index (χ3v) is 5.10. The maximum atomic E-state index is 15.5. The number of anilines is 1. The largest absolute Gasteiger partial charge is 0.496 e. The third-order valence-electron chi connectivity index (χ3n) is 4.86. The van der Waals surface area contributed by atoms with Crippen LogP contribution in [0.3, 0.4) is 0 Å². The monoisotopic (exact) mass is 471 g/mol. The number of pyridine rings is 1. The van der Waals surface area contributed by atoms with E-state index in [0.29, 0.717) is 39.6 Å². The number of carboxylic acids is 1. The van der Waals surface area contributed by atoms with Crippen LogP contribution < -0.4 is 15.0 Å². The van der Waals surface area contributed by atoms with Crippen molar-refractivity contribution in [2.24, 2.45) is 0 Å². The van der Waals surface area contributed by atoms with E-state index in [-0.39, 0.29) is 12.2 Å². The Morgan fingerprint density at radius 1 is 1.21 bits per heavy atom. The molecule has 2 N–H and O–H groups in total. The summed E-state index contributed by atoms with van der Waals surface area (Å²) in [4.78, 5) is 28.6.